The number of alkyl halides is 3. The number of nitrogens with zero attached hydrogens (tertiary/aromatic N) is 1. The minimum absolute atomic E-state index is 0.0102. The monoisotopic (exact) mass is 498 g/mol. The Hall–Kier alpha value is -2.13. The summed E-state index contributed by atoms with van der Waals surface area (Å²) in [5.74, 6) is -0.923. The summed E-state index contributed by atoms with van der Waals surface area (Å²) in [6, 6.07) is 2.62. The van der Waals surface area contributed by atoms with Gasteiger partial charge in [-0.1, -0.05) is 20.3 Å². The third kappa shape index (κ3) is 6.97. The van der Waals surface area contributed by atoms with Crippen LogP contribution in [0.4, 0.5) is 13.2 Å². The van der Waals surface area contributed by atoms with Gasteiger partial charge in [-0.2, -0.15) is 13.2 Å². The van der Waals surface area contributed by atoms with Gasteiger partial charge in [0.15, 0.2) is 0 Å². The van der Waals surface area contributed by atoms with Crippen LogP contribution in [-0.2, 0) is 33.4 Å². The van der Waals surface area contributed by atoms with E-state index in [0.29, 0.717) is 30.1 Å². The van der Waals surface area contributed by atoms with Crippen molar-refractivity contribution in [1.29, 1.82) is 0 Å². The molecule has 2 fully saturated rings. The third-order valence-corrected chi connectivity index (χ3v) is 6.85. The second-order valence-corrected chi connectivity index (χ2v) is 9.63. The highest BCUT2D eigenvalue weighted by Gasteiger charge is 2.37. The van der Waals surface area contributed by atoms with Crippen LogP contribution in [-0.4, -0.2) is 55.7 Å². The lowest BCUT2D eigenvalue weighted by Crippen LogP contribution is -2.42. The summed E-state index contributed by atoms with van der Waals surface area (Å²) in [5.41, 5.74) is -0.0485. The molecule has 3 aliphatic rings. The first kappa shape index (κ1) is 27.5. The molecule has 0 radical (unpaired) electrons. The van der Waals surface area contributed by atoms with Gasteiger partial charge in [0.05, 0.1) is 18.2 Å². The predicted octanol–water partition coefficient (Wildman–Crippen LogP) is 4.73. The zero-order valence-electron chi connectivity index (χ0n) is 20.9. The molecule has 6 nitrogen and oxygen atoms in total. The lowest BCUT2D eigenvalue weighted by atomic mass is 9.91. The van der Waals surface area contributed by atoms with Crippen molar-refractivity contribution in [3.63, 3.8) is 0 Å². The molecule has 2 heterocycles. The summed E-state index contributed by atoms with van der Waals surface area (Å²) in [7, 11) is 1.15. The number of carbonyl (C=O) groups is 2. The zero-order chi connectivity index (χ0) is 25.6. The number of hydrogen-bond acceptors (Lipinski definition) is 5. The molecule has 2 aliphatic heterocycles. The van der Waals surface area contributed by atoms with Crippen LogP contribution in [0.5, 0.6) is 0 Å². The smallest absolute Gasteiger partial charge is 0.416 e. The highest BCUT2D eigenvalue weighted by atomic mass is 19.4. The number of ether oxygens (including phenoxy) is 2. The van der Waals surface area contributed by atoms with E-state index in [1.54, 1.807) is 4.90 Å². The van der Waals surface area contributed by atoms with Crippen molar-refractivity contribution < 1.29 is 32.2 Å². The standard InChI is InChI=1S/C23H29F3N2O4.C3H8/c1-31-22(30)20-12-16(23(24,25)26)10-15-13-28(7-4-19(15)20)21(29)14-2-3-18(11-14)27-17-5-8-32-9-6-17;1-3-2/h10,12,14,17-18,27H,2-9,11,13H2,1H3;3H2,1-2H3. The molecule has 0 aromatic heterocycles. The van der Waals surface area contributed by atoms with Gasteiger partial charge in [-0.05, 0) is 61.8 Å². The predicted molar refractivity (Wildman–Crippen MR) is 126 cm³/mol. The average Bonchev–Trinajstić information content (AvgIpc) is 3.31. The molecule has 1 saturated heterocycles. The summed E-state index contributed by atoms with van der Waals surface area (Å²) in [6.45, 7) is 6.23. The molecular formula is C26H37F3N2O4. The number of rotatable bonds is 4. The van der Waals surface area contributed by atoms with Crippen molar-refractivity contribution >= 4 is 11.9 Å². The number of nitrogens with one attached hydrogen (secondary N) is 1. The van der Waals surface area contributed by atoms with Gasteiger partial charge in [0.1, 0.15) is 0 Å². The molecule has 196 valence electrons. The molecular weight excluding hydrogens is 461 g/mol. The summed E-state index contributed by atoms with van der Waals surface area (Å²) in [4.78, 5) is 26.9. The number of carbonyl (C=O) groups excluding carboxylic acids is 2. The Balaban J connectivity index is 0.00000108. The second-order valence-electron chi connectivity index (χ2n) is 9.63. The molecule has 1 N–H and O–H groups in total. The van der Waals surface area contributed by atoms with Gasteiger partial charge in [0, 0.05) is 44.3 Å². The highest BCUT2D eigenvalue weighted by Crippen LogP contribution is 2.36. The third-order valence-electron chi connectivity index (χ3n) is 6.85. The summed E-state index contributed by atoms with van der Waals surface area (Å²) in [6.07, 6.45) is 1.39. The molecule has 1 amide bonds. The molecule has 1 saturated carbocycles. The van der Waals surface area contributed by atoms with E-state index in [0.717, 1.165) is 64.6 Å². The van der Waals surface area contributed by atoms with Gasteiger partial charge >= 0.3 is 12.1 Å². The molecule has 35 heavy (non-hydrogen) atoms. The first-order valence-electron chi connectivity index (χ1n) is 12.6. The maximum Gasteiger partial charge on any atom is 0.416 e. The fourth-order valence-electron chi connectivity index (χ4n) is 5.16. The van der Waals surface area contributed by atoms with Crippen LogP contribution in [0, 0.1) is 5.92 Å². The molecule has 0 spiro atoms. The number of methoxy groups -OCH3 is 1. The molecule has 9 heteroatoms. The molecule has 4 rings (SSSR count). The van der Waals surface area contributed by atoms with Crippen molar-refractivity contribution in [2.75, 3.05) is 26.9 Å². The van der Waals surface area contributed by atoms with Crippen LogP contribution in [0.3, 0.4) is 0 Å². The maximum atomic E-state index is 13.4. The van der Waals surface area contributed by atoms with E-state index in [1.165, 1.54) is 6.42 Å². The molecule has 1 aromatic carbocycles. The molecule has 2 atom stereocenters. The van der Waals surface area contributed by atoms with Gasteiger partial charge in [0.2, 0.25) is 5.91 Å². The number of fused-ring (bicyclic) bond motifs is 1. The lowest BCUT2D eigenvalue weighted by Gasteiger charge is -2.32. The van der Waals surface area contributed by atoms with Crippen molar-refractivity contribution in [1.82, 2.24) is 10.2 Å². The Morgan fingerprint density at radius 2 is 1.80 bits per heavy atom. The normalized spacial score (nSPS) is 22.7. The zero-order valence-corrected chi connectivity index (χ0v) is 20.9. The van der Waals surface area contributed by atoms with Crippen LogP contribution in [0.25, 0.3) is 0 Å². The van der Waals surface area contributed by atoms with Crippen molar-refractivity contribution in [2.24, 2.45) is 5.92 Å². The Kier molecular flexibility index (Phi) is 9.58. The van der Waals surface area contributed by atoms with Gasteiger partial charge in [-0.3, -0.25) is 4.79 Å². The summed E-state index contributed by atoms with van der Waals surface area (Å²) in [5, 5.41) is 3.64. The van der Waals surface area contributed by atoms with Crippen molar-refractivity contribution in [3.05, 3.63) is 34.4 Å². The van der Waals surface area contributed by atoms with Gasteiger partial charge in [-0.25, -0.2) is 4.79 Å². The van der Waals surface area contributed by atoms with Gasteiger partial charge < -0.3 is 19.7 Å². The van der Waals surface area contributed by atoms with E-state index in [9.17, 15) is 22.8 Å². The van der Waals surface area contributed by atoms with E-state index < -0.39 is 17.7 Å². The number of benzene rings is 1. The molecule has 0 bridgehead atoms. The first-order valence-corrected chi connectivity index (χ1v) is 12.6. The van der Waals surface area contributed by atoms with Crippen LogP contribution in [0.2, 0.25) is 0 Å². The maximum absolute atomic E-state index is 13.4. The quantitative estimate of drug-likeness (QED) is 0.608. The van der Waals surface area contributed by atoms with E-state index in [4.69, 9.17) is 9.47 Å². The number of halogens is 3. The highest BCUT2D eigenvalue weighted by molar-refractivity contribution is 5.92. The Bertz CT molecular complexity index is 884. The van der Waals surface area contributed by atoms with Crippen LogP contribution in [0.15, 0.2) is 12.1 Å². The second kappa shape index (κ2) is 12.2. The fourth-order valence-corrected chi connectivity index (χ4v) is 5.16. The largest absolute Gasteiger partial charge is 0.465 e. The minimum atomic E-state index is -4.58. The van der Waals surface area contributed by atoms with E-state index in [-0.39, 0.29) is 30.0 Å². The van der Waals surface area contributed by atoms with Gasteiger partial charge in [-0.15, -0.1) is 0 Å². The molecule has 2 unspecified atom stereocenters. The average molecular weight is 499 g/mol. The van der Waals surface area contributed by atoms with E-state index in [2.05, 4.69) is 19.2 Å². The van der Waals surface area contributed by atoms with Gasteiger partial charge in [0.25, 0.3) is 0 Å². The number of amides is 1. The number of esters is 1. The minimum Gasteiger partial charge on any atom is -0.465 e. The Morgan fingerprint density at radius 1 is 1.11 bits per heavy atom. The Labute approximate surface area is 205 Å². The fraction of sp³-hybridized carbons (Fsp3) is 0.692. The molecule has 1 aromatic rings. The van der Waals surface area contributed by atoms with Crippen LogP contribution in [0.1, 0.15) is 79.4 Å². The van der Waals surface area contributed by atoms with Crippen molar-refractivity contribution in [2.45, 2.75) is 83.6 Å². The lowest BCUT2D eigenvalue weighted by molar-refractivity contribution is -0.137. The Morgan fingerprint density at radius 3 is 2.43 bits per heavy atom. The number of hydrogen-bond donors (Lipinski definition) is 1. The SMILES string of the molecule is CCC.COC(=O)c1cc(C(F)(F)F)cc2c1CCN(C(=O)C1CCC(NC3CCOCC3)C1)C2. The first-order chi connectivity index (χ1) is 16.7. The van der Waals surface area contributed by atoms with Crippen molar-refractivity contribution in [3.8, 4) is 0 Å². The summed E-state index contributed by atoms with van der Waals surface area (Å²) >= 11 is 0. The van der Waals surface area contributed by atoms with E-state index >= 15 is 0 Å². The van der Waals surface area contributed by atoms with Crippen LogP contribution < -0.4 is 5.32 Å². The summed E-state index contributed by atoms with van der Waals surface area (Å²) < 4.78 is 50.3. The topological polar surface area (TPSA) is 67.9 Å². The van der Waals surface area contributed by atoms with E-state index in [1.807, 2.05) is 0 Å². The van der Waals surface area contributed by atoms with Crippen LogP contribution >= 0.6 is 0 Å². The molecule has 1 aliphatic carbocycles.